The smallest absolute Gasteiger partial charge is 0.137 e. The lowest BCUT2D eigenvalue weighted by Gasteiger charge is -2.06. The summed E-state index contributed by atoms with van der Waals surface area (Å²) in [6.45, 7) is 0. The molecule has 1 N–H and O–H groups in total. The van der Waals surface area contributed by atoms with Gasteiger partial charge in [0.05, 0.1) is 11.9 Å². The van der Waals surface area contributed by atoms with E-state index in [0.29, 0.717) is 0 Å². The number of nitrogens with zero attached hydrogens (tertiary/aromatic N) is 4. The molecule has 2 heterocycles. The lowest BCUT2D eigenvalue weighted by molar-refractivity contribution is 0.768. The van der Waals surface area contributed by atoms with Gasteiger partial charge in [0, 0.05) is 24.5 Å². The molecule has 2 aromatic heterocycles. The van der Waals surface area contributed by atoms with Crippen LogP contribution in [0.5, 0.6) is 0 Å². The van der Waals surface area contributed by atoms with E-state index < -0.39 is 0 Å². The van der Waals surface area contributed by atoms with Crippen LogP contribution in [0.4, 0.5) is 11.5 Å². The van der Waals surface area contributed by atoms with E-state index in [1.165, 1.54) is 17.7 Å². The highest BCUT2D eigenvalue weighted by Gasteiger charge is 2.17. The highest BCUT2D eigenvalue weighted by atomic mass is 15.3. The maximum Gasteiger partial charge on any atom is 0.137 e. The zero-order valence-electron chi connectivity index (χ0n) is 9.14. The number of aryl methyl sites for hydroxylation is 2. The predicted molar refractivity (Wildman–Crippen MR) is 60.5 cm³/mol. The molecule has 0 bridgehead atoms. The summed E-state index contributed by atoms with van der Waals surface area (Å²) >= 11 is 0. The van der Waals surface area contributed by atoms with Gasteiger partial charge in [-0.15, -0.1) is 0 Å². The van der Waals surface area contributed by atoms with Crippen molar-refractivity contribution in [1.82, 2.24) is 19.7 Å². The van der Waals surface area contributed by atoms with E-state index in [0.717, 1.165) is 24.3 Å². The van der Waals surface area contributed by atoms with Crippen LogP contribution in [-0.4, -0.2) is 19.7 Å². The van der Waals surface area contributed by atoms with E-state index in [1.54, 1.807) is 17.2 Å². The number of hydrogen-bond donors (Lipinski definition) is 1. The van der Waals surface area contributed by atoms with Crippen molar-refractivity contribution in [3.63, 3.8) is 0 Å². The van der Waals surface area contributed by atoms with Crippen LogP contribution in [0.25, 0.3) is 0 Å². The SMILES string of the molecule is Cn1cc(Nc2ncnc3c2CCC3)cn1. The standard InChI is InChI=1S/C11H13N5/c1-16-6-8(5-14-16)15-11-9-3-2-4-10(9)12-7-13-11/h5-7H,2-4H2,1H3,(H,12,13,15). The minimum atomic E-state index is 0.926. The van der Waals surface area contributed by atoms with Crippen molar-refractivity contribution in [1.29, 1.82) is 0 Å². The highest BCUT2D eigenvalue weighted by molar-refractivity contribution is 5.59. The minimum absolute atomic E-state index is 0.926. The second kappa shape index (κ2) is 3.59. The van der Waals surface area contributed by atoms with Gasteiger partial charge < -0.3 is 5.32 Å². The molecule has 0 saturated heterocycles. The van der Waals surface area contributed by atoms with E-state index >= 15 is 0 Å². The molecule has 1 aliphatic carbocycles. The molecule has 0 saturated carbocycles. The van der Waals surface area contributed by atoms with E-state index in [1.807, 2.05) is 13.2 Å². The third kappa shape index (κ3) is 1.54. The Morgan fingerprint density at radius 1 is 1.31 bits per heavy atom. The number of aromatic nitrogens is 4. The van der Waals surface area contributed by atoms with Gasteiger partial charge in [-0.3, -0.25) is 4.68 Å². The first-order valence-corrected chi connectivity index (χ1v) is 5.41. The molecule has 1 aliphatic rings. The number of fused-ring (bicyclic) bond motifs is 1. The monoisotopic (exact) mass is 215 g/mol. The molecule has 0 aromatic carbocycles. The average Bonchev–Trinajstić information content (AvgIpc) is 2.87. The van der Waals surface area contributed by atoms with Crippen molar-refractivity contribution < 1.29 is 0 Å². The summed E-state index contributed by atoms with van der Waals surface area (Å²) in [5, 5.41) is 7.41. The van der Waals surface area contributed by atoms with E-state index in [9.17, 15) is 0 Å². The van der Waals surface area contributed by atoms with E-state index in [4.69, 9.17) is 0 Å². The van der Waals surface area contributed by atoms with Crippen molar-refractivity contribution in [2.24, 2.45) is 7.05 Å². The first-order chi connectivity index (χ1) is 7.83. The molecule has 5 heteroatoms. The third-order valence-corrected chi connectivity index (χ3v) is 2.84. The van der Waals surface area contributed by atoms with Gasteiger partial charge in [0.25, 0.3) is 0 Å². The van der Waals surface area contributed by atoms with Gasteiger partial charge in [-0.25, -0.2) is 9.97 Å². The fraction of sp³-hybridized carbons (Fsp3) is 0.364. The first-order valence-electron chi connectivity index (χ1n) is 5.41. The molecule has 3 rings (SSSR count). The molecule has 82 valence electrons. The molecule has 5 nitrogen and oxygen atoms in total. The highest BCUT2D eigenvalue weighted by Crippen LogP contribution is 2.26. The molecular formula is C11H13N5. The fourth-order valence-corrected chi connectivity index (χ4v) is 2.09. The van der Waals surface area contributed by atoms with Crippen LogP contribution in [0.1, 0.15) is 17.7 Å². The zero-order chi connectivity index (χ0) is 11.0. The topological polar surface area (TPSA) is 55.6 Å². The predicted octanol–water partition coefficient (Wildman–Crippen LogP) is 1.44. The summed E-state index contributed by atoms with van der Waals surface area (Å²) in [7, 11) is 1.90. The van der Waals surface area contributed by atoms with Crippen molar-refractivity contribution in [2.45, 2.75) is 19.3 Å². The molecule has 16 heavy (non-hydrogen) atoms. The summed E-state index contributed by atoms with van der Waals surface area (Å²) < 4.78 is 1.77. The fourth-order valence-electron chi connectivity index (χ4n) is 2.09. The van der Waals surface area contributed by atoms with Crippen molar-refractivity contribution in [2.75, 3.05) is 5.32 Å². The Kier molecular flexibility index (Phi) is 2.09. The van der Waals surface area contributed by atoms with Gasteiger partial charge in [-0.1, -0.05) is 0 Å². The van der Waals surface area contributed by atoms with Gasteiger partial charge in [0.15, 0.2) is 0 Å². The molecule has 2 aromatic rings. The zero-order valence-corrected chi connectivity index (χ0v) is 9.14. The van der Waals surface area contributed by atoms with E-state index in [-0.39, 0.29) is 0 Å². The molecule has 0 radical (unpaired) electrons. The Balaban J connectivity index is 1.93. The third-order valence-electron chi connectivity index (χ3n) is 2.84. The largest absolute Gasteiger partial charge is 0.337 e. The summed E-state index contributed by atoms with van der Waals surface area (Å²) in [4.78, 5) is 8.59. The number of rotatable bonds is 2. The van der Waals surface area contributed by atoms with Gasteiger partial charge >= 0.3 is 0 Å². The van der Waals surface area contributed by atoms with Crippen molar-refractivity contribution in [3.05, 3.63) is 30.0 Å². The Bertz CT molecular complexity index is 517. The quantitative estimate of drug-likeness (QED) is 0.823. The van der Waals surface area contributed by atoms with Crippen LogP contribution >= 0.6 is 0 Å². The average molecular weight is 215 g/mol. The normalized spacial score (nSPS) is 13.8. The lowest BCUT2D eigenvalue weighted by atomic mass is 10.2. The van der Waals surface area contributed by atoms with Crippen LogP contribution in [-0.2, 0) is 19.9 Å². The van der Waals surface area contributed by atoms with Gasteiger partial charge in [-0.05, 0) is 19.3 Å². The van der Waals surface area contributed by atoms with Gasteiger partial charge in [0.2, 0.25) is 0 Å². The molecule has 0 aliphatic heterocycles. The molecular weight excluding hydrogens is 202 g/mol. The number of nitrogens with one attached hydrogen (secondary N) is 1. The van der Waals surface area contributed by atoms with Crippen LogP contribution in [0, 0.1) is 0 Å². The second-order valence-corrected chi connectivity index (χ2v) is 4.03. The molecule has 0 unspecified atom stereocenters. The summed E-state index contributed by atoms with van der Waals surface area (Å²) in [5.74, 6) is 0.926. The van der Waals surface area contributed by atoms with Crippen molar-refractivity contribution >= 4 is 11.5 Å². The number of hydrogen-bond acceptors (Lipinski definition) is 4. The van der Waals surface area contributed by atoms with Gasteiger partial charge in [-0.2, -0.15) is 5.10 Å². The van der Waals surface area contributed by atoms with Crippen LogP contribution in [0.2, 0.25) is 0 Å². The van der Waals surface area contributed by atoms with Crippen LogP contribution in [0.3, 0.4) is 0 Å². The summed E-state index contributed by atoms with van der Waals surface area (Å²) in [6.07, 6.45) is 8.67. The minimum Gasteiger partial charge on any atom is -0.337 e. The summed E-state index contributed by atoms with van der Waals surface area (Å²) in [6, 6.07) is 0. The first kappa shape index (κ1) is 9.33. The maximum absolute atomic E-state index is 4.30. The molecule has 0 spiro atoms. The maximum atomic E-state index is 4.30. The Morgan fingerprint density at radius 3 is 3.06 bits per heavy atom. The molecule has 0 fully saturated rings. The molecule has 0 amide bonds. The Labute approximate surface area is 93.5 Å². The summed E-state index contributed by atoms with van der Waals surface area (Å²) in [5.41, 5.74) is 3.41. The Hall–Kier alpha value is -1.91. The number of anilines is 2. The van der Waals surface area contributed by atoms with Gasteiger partial charge in [0.1, 0.15) is 12.1 Å². The second-order valence-electron chi connectivity index (χ2n) is 4.03. The van der Waals surface area contributed by atoms with Crippen LogP contribution < -0.4 is 5.32 Å². The lowest BCUT2D eigenvalue weighted by Crippen LogP contribution is -1.99. The van der Waals surface area contributed by atoms with Crippen LogP contribution in [0.15, 0.2) is 18.7 Å². The van der Waals surface area contributed by atoms with Crippen molar-refractivity contribution in [3.8, 4) is 0 Å². The Morgan fingerprint density at radius 2 is 2.25 bits per heavy atom. The molecule has 0 atom stereocenters. The van der Waals surface area contributed by atoms with E-state index in [2.05, 4.69) is 20.4 Å².